The highest BCUT2D eigenvalue weighted by Gasteiger charge is 2.60. The van der Waals surface area contributed by atoms with Crippen LogP contribution >= 0.6 is 0 Å². The van der Waals surface area contributed by atoms with Crippen molar-refractivity contribution in [3.8, 4) is 34.8 Å². The zero-order chi connectivity index (χ0) is 21.5. The highest BCUT2D eigenvalue weighted by molar-refractivity contribution is 5.86. The fourth-order valence-electron chi connectivity index (χ4n) is 3.65. The molecule has 0 bridgehead atoms. The average molecular weight is 400 g/mol. The molecule has 0 aromatic heterocycles. The van der Waals surface area contributed by atoms with Crippen LogP contribution in [0.3, 0.4) is 0 Å². The minimum atomic E-state index is -1.01. The Hall–Kier alpha value is -3.64. The molecule has 4 atom stereocenters. The molecule has 2 aromatic carbocycles. The Morgan fingerprint density at radius 1 is 0.767 bits per heavy atom. The molecule has 0 amide bonds. The molecule has 0 heterocycles. The van der Waals surface area contributed by atoms with E-state index in [-0.39, 0.29) is 11.8 Å². The summed E-state index contributed by atoms with van der Waals surface area (Å²) in [6.07, 6.45) is 1.07. The van der Waals surface area contributed by atoms with Crippen LogP contribution in [0.4, 0.5) is 0 Å². The molecule has 6 heteroatoms. The van der Waals surface area contributed by atoms with E-state index in [2.05, 4.69) is 12.1 Å². The Morgan fingerprint density at radius 2 is 1.07 bits per heavy atom. The van der Waals surface area contributed by atoms with E-state index < -0.39 is 22.8 Å². The number of carbonyl (C=O) groups excluding carboxylic acids is 2. The summed E-state index contributed by atoms with van der Waals surface area (Å²) in [6.45, 7) is 3.72. The smallest absolute Gasteiger partial charge is 0.332 e. The van der Waals surface area contributed by atoms with Gasteiger partial charge in [0.15, 0.2) is 10.8 Å². The zero-order valence-corrected chi connectivity index (χ0v) is 16.7. The van der Waals surface area contributed by atoms with Gasteiger partial charge in [0, 0.05) is 0 Å². The third-order valence-corrected chi connectivity index (χ3v) is 6.21. The number of rotatable bonds is 5. The fourth-order valence-corrected chi connectivity index (χ4v) is 3.65. The summed E-state index contributed by atoms with van der Waals surface area (Å²) in [5, 5.41) is 18.4. The second kappa shape index (κ2) is 7.00. The van der Waals surface area contributed by atoms with Crippen molar-refractivity contribution >= 4 is 11.9 Å². The summed E-state index contributed by atoms with van der Waals surface area (Å²) in [6, 6.07) is 18.1. The van der Waals surface area contributed by atoms with Gasteiger partial charge in [0.05, 0.1) is 12.1 Å². The molecule has 6 nitrogen and oxygen atoms in total. The van der Waals surface area contributed by atoms with E-state index >= 15 is 0 Å². The van der Waals surface area contributed by atoms with Crippen LogP contribution in [0.2, 0.25) is 0 Å². The van der Waals surface area contributed by atoms with E-state index in [0.29, 0.717) is 24.3 Å². The van der Waals surface area contributed by atoms with Crippen molar-refractivity contribution in [1.29, 1.82) is 10.5 Å². The first-order valence-electron chi connectivity index (χ1n) is 9.82. The van der Waals surface area contributed by atoms with E-state index in [1.165, 1.54) is 0 Å². The van der Waals surface area contributed by atoms with Gasteiger partial charge in [-0.05, 0) is 60.1 Å². The molecule has 2 aliphatic rings. The van der Waals surface area contributed by atoms with Crippen molar-refractivity contribution in [2.45, 2.75) is 26.7 Å². The number of hydrogen-bond acceptors (Lipinski definition) is 6. The maximum absolute atomic E-state index is 12.2. The van der Waals surface area contributed by atoms with Crippen LogP contribution in [0.25, 0.3) is 11.1 Å². The Kier molecular flexibility index (Phi) is 4.59. The molecular formula is C24H20N2O4. The number of nitrogens with zero attached hydrogens (tertiary/aromatic N) is 2. The van der Waals surface area contributed by atoms with Gasteiger partial charge in [0.25, 0.3) is 0 Å². The SMILES string of the molecule is CC1CC1(C#N)C(=O)Oc1ccc(-c2ccc(OC(=O)C3(C#N)CC3C)cc2)cc1. The maximum Gasteiger partial charge on any atom is 0.332 e. The largest absolute Gasteiger partial charge is 0.425 e. The maximum atomic E-state index is 12.2. The molecule has 0 radical (unpaired) electrons. The molecule has 2 aromatic rings. The molecule has 0 spiro atoms. The van der Waals surface area contributed by atoms with Crippen molar-refractivity contribution in [3.05, 3.63) is 48.5 Å². The monoisotopic (exact) mass is 400 g/mol. The summed E-state index contributed by atoms with van der Waals surface area (Å²) < 4.78 is 10.7. The minimum absolute atomic E-state index is 0.0213. The lowest BCUT2D eigenvalue weighted by Crippen LogP contribution is -2.22. The minimum Gasteiger partial charge on any atom is -0.425 e. The van der Waals surface area contributed by atoms with Crippen molar-refractivity contribution in [2.75, 3.05) is 0 Å². The normalized spacial score (nSPS) is 28.5. The predicted octanol–water partition coefficient (Wildman–Crippen LogP) is 4.26. The van der Waals surface area contributed by atoms with Crippen LogP contribution in [0.1, 0.15) is 26.7 Å². The van der Waals surface area contributed by atoms with E-state index in [9.17, 15) is 20.1 Å². The van der Waals surface area contributed by atoms with Gasteiger partial charge in [-0.2, -0.15) is 10.5 Å². The number of esters is 2. The van der Waals surface area contributed by atoms with E-state index in [1.54, 1.807) is 24.3 Å². The summed E-state index contributed by atoms with van der Waals surface area (Å²) in [7, 11) is 0. The number of carbonyl (C=O) groups is 2. The second-order valence-corrected chi connectivity index (χ2v) is 8.20. The second-order valence-electron chi connectivity index (χ2n) is 8.20. The van der Waals surface area contributed by atoms with Gasteiger partial charge in [0.1, 0.15) is 11.5 Å². The van der Waals surface area contributed by atoms with Crippen molar-refractivity contribution in [2.24, 2.45) is 22.7 Å². The summed E-state index contributed by atoms with van der Waals surface area (Å²) >= 11 is 0. The van der Waals surface area contributed by atoms with Gasteiger partial charge in [-0.1, -0.05) is 38.1 Å². The molecule has 4 unspecified atom stereocenters. The third-order valence-electron chi connectivity index (χ3n) is 6.21. The molecule has 2 fully saturated rings. The number of benzene rings is 2. The molecule has 2 saturated carbocycles. The molecule has 0 N–H and O–H groups in total. The average Bonchev–Trinajstić information content (AvgIpc) is 3.63. The molecular weight excluding hydrogens is 380 g/mol. The number of hydrogen-bond donors (Lipinski definition) is 0. The van der Waals surface area contributed by atoms with Gasteiger partial charge in [-0.25, -0.2) is 9.59 Å². The topological polar surface area (TPSA) is 100 Å². The van der Waals surface area contributed by atoms with Gasteiger partial charge in [0.2, 0.25) is 0 Å². The first kappa shape index (κ1) is 19.7. The predicted molar refractivity (Wildman–Crippen MR) is 107 cm³/mol. The standard InChI is InChI=1S/C24H20N2O4/c1-15-11-23(15,13-25)21(27)29-19-7-3-17(4-8-19)18-5-9-20(10-6-18)30-22(28)24(14-26)12-16(24)2/h3-10,15-16H,11-12H2,1-2H3. The number of ether oxygens (including phenoxy) is 2. The first-order valence-corrected chi connectivity index (χ1v) is 9.82. The van der Waals surface area contributed by atoms with E-state index in [1.807, 2.05) is 38.1 Å². The van der Waals surface area contributed by atoms with Crippen LogP contribution in [0, 0.1) is 45.3 Å². The Morgan fingerprint density at radius 3 is 1.30 bits per heavy atom. The van der Waals surface area contributed by atoms with Crippen LogP contribution in [-0.2, 0) is 9.59 Å². The summed E-state index contributed by atoms with van der Waals surface area (Å²) in [4.78, 5) is 24.5. The van der Waals surface area contributed by atoms with Crippen LogP contribution in [-0.4, -0.2) is 11.9 Å². The van der Waals surface area contributed by atoms with Crippen molar-refractivity contribution in [1.82, 2.24) is 0 Å². The van der Waals surface area contributed by atoms with Gasteiger partial charge in [-0.15, -0.1) is 0 Å². The Balaban J connectivity index is 1.40. The third kappa shape index (κ3) is 3.21. The fraction of sp³-hybridized carbons (Fsp3) is 0.333. The highest BCUT2D eigenvalue weighted by Crippen LogP contribution is 2.53. The Bertz CT molecular complexity index is 1000. The molecule has 0 aliphatic heterocycles. The van der Waals surface area contributed by atoms with E-state index in [4.69, 9.17) is 9.47 Å². The molecule has 4 rings (SSSR count). The van der Waals surface area contributed by atoms with Crippen molar-refractivity contribution < 1.29 is 19.1 Å². The molecule has 0 saturated heterocycles. The molecule has 30 heavy (non-hydrogen) atoms. The first-order chi connectivity index (χ1) is 14.3. The van der Waals surface area contributed by atoms with E-state index in [0.717, 1.165) is 11.1 Å². The Labute approximate surface area is 174 Å². The quantitative estimate of drug-likeness (QED) is 0.549. The van der Waals surface area contributed by atoms with Crippen molar-refractivity contribution in [3.63, 3.8) is 0 Å². The lowest BCUT2D eigenvalue weighted by molar-refractivity contribution is -0.139. The zero-order valence-electron chi connectivity index (χ0n) is 16.7. The van der Waals surface area contributed by atoms with Gasteiger partial charge in [-0.3, -0.25) is 0 Å². The van der Waals surface area contributed by atoms with Gasteiger partial charge >= 0.3 is 11.9 Å². The summed E-state index contributed by atoms with van der Waals surface area (Å²) in [5.74, 6) is -0.180. The molecule has 2 aliphatic carbocycles. The van der Waals surface area contributed by atoms with Crippen LogP contribution in [0.5, 0.6) is 11.5 Å². The van der Waals surface area contributed by atoms with Gasteiger partial charge < -0.3 is 9.47 Å². The lowest BCUT2D eigenvalue weighted by Gasteiger charge is -2.10. The lowest BCUT2D eigenvalue weighted by atomic mass is 10.1. The van der Waals surface area contributed by atoms with Crippen LogP contribution in [0.15, 0.2) is 48.5 Å². The van der Waals surface area contributed by atoms with Crippen LogP contribution < -0.4 is 9.47 Å². The highest BCUT2D eigenvalue weighted by atomic mass is 16.5. The molecule has 150 valence electrons. The number of nitriles is 2. The summed E-state index contributed by atoms with van der Waals surface area (Å²) in [5.41, 5.74) is -0.221.